The number of rotatable bonds is 7. The summed E-state index contributed by atoms with van der Waals surface area (Å²) in [6.45, 7) is 1.78. The van der Waals surface area contributed by atoms with Crippen molar-refractivity contribution < 1.29 is 14.4 Å². The second-order valence-electron chi connectivity index (χ2n) is 8.13. The molecule has 4 rings (SSSR count). The van der Waals surface area contributed by atoms with Gasteiger partial charge in [0, 0.05) is 44.1 Å². The van der Waals surface area contributed by atoms with Crippen LogP contribution in [-0.4, -0.2) is 53.8 Å². The third kappa shape index (κ3) is 4.52. The van der Waals surface area contributed by atoms with E-state index in [1.54, 1.807) is 0 Å². The molecule has 1 aromatic carbocycles. The molecule has 0 bridgehead atoms. The number of amides is 3. The van der Waals surface area contributed by atoms with E-state index >= 15 is 0 Å². The first-order valence-corrected chi connectivity index (χ1v) is 10.2. The monoisotopic (exact) mass is 384 g/mol. The maximum Gasteiger partial charge on any atom is 0.237 e. The van der Waals surface area contributed by atoms with Crippen LogP contribution in [0.15, 0.2) is 30.3 Å². The largest absolute Gasteiger partial charge is 0.353 e. The van der Waals surface area contributed by atoms with Crippen LogP contribution in [0.25, 0.3) is 0 Å². The van der Waals surface area contributed by atoms with Crippen molar-refractivity contribution >= 4 is 17.7 Å². The van der Waals surface area contributed by atoms with Gasteiger partial charge in [-0.05, 0) is 31.2 Å². The van der Waals surface area contributed by atoms with Gasteiger partial charge in [0.2, 0.25) is 17.7 Å². The highest BCUT2D eigenvalue weighted by Crippen LogP contribution is 2.30. The van der Waals surface area contributed by atoms with Crippen molar-refractivity contribution in [1.29, 1.82) is 0 Å². The van der Waals surface area contributed by atoms with E-state index < -0.39 is 0 Å². The standard InChI is InChI=1S/C21H28N4O3/c26-19(22-11-14-4-2-1-3-5-14)9-8-17-12-23-21(28)18-10-16(13-25(17)18)24-20(27)15-6-7-15/h1-5,15-18H,6-13H2,(H,22,26)(H,23,28)(H,24,27). The summed E-state index contributed by atoms with van der Waals surface area (Å²) in [5.41, 5.74) is 1.08. The minimum Gasteiger partial charge on any atom is -0.353 e. The van der Waals surface area contributed by atoms with Crippen LogP contribution in [0, 0.1) is 5.92 Å². The van der Waals surface area contributed by atoms with Gasteiger partial charge < -0.3 is 16.0 Å². The summed E-state index contributed by atoms with van der Waals surface area (Å²) in [5, 5.41) is 9.03. The summed E-state index contributed by atoms with van der Waals surface area (Å²) in [5.74, 6) is 0.362. The molecule has 3 unspecified atom stereocenters. The number of nitrogens with one attached hydrogen (secondary N) is 3. The molecule has 2 saturated heterocycles. The average Bonchev–Trinajstić information content (AvgIpc) is 3.47. The Morgan fingerprint density at radius 1 is 1.18 bits per heavy atom. The summed E-state index contributed by atoms with van der Waals surface area (Å²) in [7, 11) is 0. The fourth-order valence-electron chi connectivity index (χ4n) is 4.20. The quantitative estimate of drug-likeness (QED) is 0.640. The van der Waals surface area contributed by atoms with Crippen LogP contribution in [0.5, 0.6) is 0 Å². The Balaban J connectivity index is 1.26. The van der Waals surface area contributed by atoms with Crippen LogP contribution in [-0.2, 0) is 20.9 Å². The summed E-state index contributed by atoms with van der Waals surface area (Å²) in [6.07, 6.45) is 3.73. The average molecular weight is 384 g/mol. The van der Waals surface area contributed by atoms with Gasteiger partial charge in [-0.2, -0.15) is 0 Å². The van der Waals surface area contributed by atoms with Gasteiger partial charge in [-0.15, -0.1) is 0 Å². The normalized spacial score (nSPS) is 27.0. The van der Waals surface area contributed by atoms with Crippen molar-refractivity contribution in [3.05, 3.63) is 35.9 Å². The molecule has 2 heterocycles. The third-order valence-corrected chi connectivity index (χ3v) is 5.95. The molecule has 0 aromatic heterocycles. The molecule has 0 spiro atoms. The number of hydrogen-bond donors (Lipinski definition) is 3. The van der Waals surface area contributed by atoms with Gasteiger partial charge in [0.15, 0.2) is 0 Å². The Hall–Kier alpha value is -2.41. The van der Waals surface area contributed by atoms with E-state index in [2.05, 4.69) is 20.9 Å². The first kappa shape index (κ1) is 18.9. The molecular formula is C21H28N4O3. The van der Waals surface area contributed by atoms with Crippen LogP contribution in [0.3, 0.4) is 0 Å². The summed E-state index contributed by atoms with van der Waals surface area (Å²) in [4.78, 5) is 38.7. The van der Waals surface area contributed by atoms with E-state index in [-0.39, 0.29) is 41.8 Å². The third-order valence-electron chi connectivity index (χ3n) is 5.95. The number of hydrogen-bond acceptors (Lipinski definition) is 4. The number of nitrogens with zero attached hydrogens (tertiary/aromatic N) is 1. The maximum absolute atomic E-state index is 12.3. The van der Waals surface area contributed by atoms with Crippen molar-refractivity contribution in [2.75, 3.05) is 13.1 Å². The maximum atomic E-state index is 12.3. The Kier molecular flexibility index (Phi) is 5.62. The topological polar surface area (TPSA) is 90.5 Å². The smallest absolute Gasteiger partial charge is 0.237 e. The van der Waals surface area contributed by atoms with Crippen molar-refractivity contribution in [3.8, 4) is 0 Å². The van der Waals surface area contributed by atoms with Crippen LogP contribution < -0.4 is 16.0 Å². The highest BCUT2D eigenvalue weighted by molar-refractivity contribution is 5.84. The highest BCUT2D eigenvalue weighted by Gasteiger charge is 2.44. The molecule has 1 aromatic rings. The van der Waals surface area contributed by atoms with Crippen molar-refractivity contribution in [2.24, 2.45) is 5.92 Å². The SMILES string of the molecule is O=C(CCC1CNC(=O)C2CC(NC(=O)C3CC3)CN12)NCc1ccccc1. The van der Waals surface area contributed by atoms with Crippen LogP contribution in [0.2, 0.25) is 0 Å². The summed E-state index contributed by atoms with van der Waals surface area (Å²) in [6, 6.07) is 9.80. The molecule has 0 radical (unpaired) electrons. The van der Waals surface area contributed by atoms with Crippen molar-refractivity contribution in [2.45, 2.75) is 56.8 Å². The van der Waals surface area contributed by atoms with Crippen LogP contribution >= 0.6 is 0 Å². The Labute approximate surface area is 165 Å². The number of piperazine rings is 1. The van der Waals surface area contributed by atoms with Crippen molar-refractivity contribution in [1.82, 2.24) is 20.9 Å². The van der Waals surface area contributed by atoms with Crippen LogP contribution in [0.1, 0.15) is 37.7 Å². The molecule has 1 saturated carbocycles. The van der Waals surface area contributed by atoms with E-state index in [0.717, 1.165) is 18.4 Å². The minimum atomic E-state index is -0.198. The Morgan fingerprint density at radius 2 is 1.96 bits per heavy atom. The van der Waals surface area contributed by atoms with Gasteiger partial charge in [-0.25, -0.2) is 0 Å². The van der Waals surface area contributed by atoms with E-state index in [1.165, 1.54) is 0 Å². The lowest BCUT2D eigenvalue weighted by atomic mass is 10.0. The van der Waals surface area contributed by atoms with Crippen LogP contribution in [0.4, 0.5) is 0 Å². The second-order valence-corrected chi connectivity index (χ2v) is 8.13. The van der Waals surface area contributed by atoms with Gasteiger partial charge in [0.25, 0.3) is 0 Å². The molecular weight excluding hydrogens is 356 g/mol. The van der Waals surface area contributed by atoms with E-state index in [9.17, 15) is 14.4 Å². The Bertz CT molecular complexity index is 734. The van der Waals surface area contributed by atoms with Gasteiger partial charge in [0.05, 0.1) is 6.04 Å². The van der Waals surface area contributed by atoms with Crippen molar-refractivity contribution in [3.63, 3.8) is 0 Å². The zero-order valence-corrected chi connectivity index (χ0v) is 16.0. The molecule has 1 aliphatic carbocycles. The van der Waals surface area contributed by atoms with E-state index in [1.807, 2.05) is 30.3 Å². The molecule has 2 aliphatic heterocycles. The van der Waals surface area contributed by atoms with Gasteiger partial charge in [0.1, 0.15) is 0 Å². The Morgan fingerprint density at radius 3 is 2.71 bits per heavy atom. The molecule has 7 nitrogen and oxygen atoms in total. The zero-order chi connectivity index (χ0) is 19.5. The molecule has 3 atom stereocenters. The lowest BCUT2D eigenvalue weighted by molar-refractivity contribution is -0.129. The number of benzene rings is 1. The molecule has 3 fully saturated rings. The fourth-order valence-corrected chi connectivity index (χ4v) is 4.20. The lowest BCUT2D eigenvalue weighted by Crippen LogP contribution is -2.58. The zero-order valence-electron chi connectivity index (χ0n) is 16.0. The molecule has 3 aliphatic rings. The summed E-state index contributed by atoms with van der Waals surface area (Å²) < 4.78 is 0. The molecule has 7 heteroatoms. The summed E-state index contributed by atoms with van der Waals surface area (Å²) >= 11 is 0. The molecule has 28 heavy (non-hydrogen) atoms. The van der Waals surface area contributed by atoms with Gasteiger partial charge in [-0.1, -0.05) is 30.3 Å². The van der Waals surface area contributed by atoms with Gasteiger partial charge >= 0.3 is 0 Å². The predicted molar refractivity (Wildman–Crippen MR) is 104 cm³/mol. The van der Waals surface area contributed by atoms with E-state index in [0.29, 0.717) is 38.9 Å². The predicted octanol–water partition coefficient (Wildman–Crippen LogP) is 0.551. The van der Waals surface area contributed by atoms with E-state index in [4.69, 9.17) is 0 Å². The van der Waals surface area contributed by atoms with Gasteiger partial charge in [-0.3, -0.25) is 19.3 Å². The minimum absolute atomic E-state index is 0.0232. The highest BCUT2D eigenvalue weighted by atomic mass is 16.2. The number of carbonyl (C=O) groups excluding carboxylic acids is 3. The molecule has 3 amide bonds. The second kappa shape index (κ2) is 8.31. The first-order chi connectivity index (χ1) is 13.6. The molecule has 150 valence electrons. The number of carbonyl (C=O) groups is 3. The molecule has 3 N–H and O–H groups in total. The lowest BCUT2D eigenvalue weighted by Gasteiger charge is -2.37. The first-order valence-electron chi connectivity index (χ1n) is 10.2. The fraction of sp³-hybridized carbons (Fsp3) is 0.571. The number of fused-ring (bicyclic) bond motifs is 1.